The van der Waals surface area contributed by atoms with Crippen molar-refractivity contribution in [3.05, 3.63) is 23.5 Å². The van der Waals surface area contributed by atoms with Crippen LogP contribution in [-0.4, -0.2) is 49.2 Å². The zero-order valence-corrected chi connectivity index (χ0v) is 10.2. The van der Waals surface area contributed by atoms with E-state index in [4.69, 9.17) is 10.8 Å². The van der Waals surface area contributed by atoms with Crippen molar-refractivity contribution in [2.45, 2.75) is 0 Å². The van der Waals surface area contributed by atoms with Crippen LogP contribution in [0.25, 0.3) is 0 Å². The third kappa shape index (κ3) is 2.38. The van der Waals surface area contributed by atoms with Crippen molar-refractivity contribution in [3.8, 4) is 0 Å². The number of likely N-dealkylation sites (N-methyl/N-ethyl adjacent to an activating group) is 1. The average Bonchev–Trinajstić information content (AvgIpc) is 2.32. The zero-order chi connectivity index (χ0) is 13.3. The number of carboxylic acids is 1. The number of benzene rings is 1. The van der Waals surface area contributed by atoms with E-state index in [2.05, 4.69) is 4.90 Å². The lowest BCUT2D eigenvalue weighted by Gasteiger charge is -2.34. The van der Waals surface area contributed by atoms with Crippen LogP contribution in [0.2, 0.25) is 0 Å². The Balaban J connectivity index is 2.29. The normalized spacial score (nSPS) is 16.9. The molecule has 0 atom stereocenters. The van der Waals surface area contributed by atoms with Gasteiger partial charge in [0.25, 0.3) is 0 Å². The molecule has 0 amide bonds. The molecule has 1 saturated heterocycles. The first-order valence-electron chi connectivity index (χ1n) is 5.75. The van der Waals surface area contributed by atoms with E-state index in [1.807, 2.05) is 11.9 Å². The van der Waals surface area contributed by atoms with E-state index in [1.165, 1.54) is 12.1 Å². The van der Waals surface area contributed by atoms with Crippen molar-refractivity contribution in [2.24, 2.45) is 0 Å². The summed E-state index contributed by atoms with van der Waals surface area (Å²) >= 11 is 0. The minimum Gasteiger partial charge on any atom is -0.478 e. The Labute approximate surface area is 105 Å². The second-order valence-corrected chi connectivity index (χ2v) is 4.49. The number of nitrogens with two attached hydrogens (primary N) is 1. The Morgan fingerprint density at radius 1 is 1.33 bits per heavy atom. The molecule has 1 aromatic rings. The van der Waals surface area contributed by atoms with Gasteiger partial charge in [0.15, 0.2) is 0 Å². The highest BCUT2D eigenvalue weighted by Gasteiger charge is 2.20. The third-order valence-electron chi connectivity index (χ3n) is 3.19. The molecule has 1 fully saturated rings. The lowest BCUT2D eigenvalue weighted by atomic mass is 10.1. The number of aromatic carboxylic acids is 1. The van der Waals surface area contributed by atoms with Crippen LogP contribution in [0.4, 0.5) is 15.8 Å². The van der Waals surface area contributed by atoms with Crippen molar-refractivity contribution < 1.29 is 14.3 Å². The molecule has 0 aromatic heterocycles. The lowest BCUT2D eigenvalue weighted by Crippen LogP contribution is -2.44. The Hall–Kier alpha value is -1.82. The monoisotopic (exact) mass is 253 g/mol. The van der Waals surface area contributed by atoms with Gasteiger partial charge in [-0.3, -0.25) is 0 Å². The van der Waals surface area contributed by atoms with Gasteiger partial charge in [-0.1, -0.05) is 0 Å². The molecule has 1 aromatic carbocycles. The Bertz CT molecular complexity index is 471. The highest BCUT2D eigenvalue weighted by Crippen LogP contribution is 2.27. The second-order valence-electron chi connectivity index (χ2n) is 4.49. The van der Waals surface area contributed by atoms with Gasteiger partial charge < -0.3 is 20.6 Å². The highest BCUT2D eigenvalue weighted by molar-refractivity contribution is 5.91. The summed E-state index contributed by atoms with van der Waals surface area (Å²) in [6, 6.07) is 2.40. The number of hydrogen-bond acceptors (Lipinski definition) is 4. The summed E-state index contributed by atoms with van der Waals surface area (Å²) in [5.74, 6) is -2.05. The first-order valence-corrected chi connectivity index (χ1v) is 5.75. The summed E-state index contributed by atoms with van der Waals surface area (Å²) in [7, 11) is 2.02. The molecule has 6 heteroatoms. The third-order valence-corrected chi connectivity index (χ3v) is 3.19. The lowest BCUT2D eigenvalue weighted by molar-refractivity contribution is 0.0692. The van der Waals surface area contributed by atoms with Crippen LogP contribution in [0.3, 0.4) is 0 Å². The van der Waals surface area contributed by atoms with E-state index in [1.54, 1.807) is 0 Å². The maximum absolute atomic E-state index is 13.6. The predicted molar refractivity (Wildman–Crippen MR) is 67.5 cm³/mol. The maximum Gasteiger partial charge on any atom is 0.338 e. The van der Waals surface area contributed by atoms with Gasteiger partial charge in [0, 0.05) is 32.2 Å². The number of anilines is 2. The molecule has 18 heavy (non-hydrogen) atoms. The Kier molecular flexibility index (Phi) is 3.38. The average molecular weight is 253 g/mol. The quantitative estimate of drug-likeness (QED) is 0.765. The Morgan fingerprint density at radius 3 is 2.50 bits per heavy atom. The van der Waals surface area contributed by atoms with Crippen LogP contribution in [0.1, 0.15) is 10.4 Å². The topological polar surface area (TPSA) is 69.8 Å². The molecule has 1 aliphatic rings. The standard InChI is InChI=1S/C12H16FN3O2/c1-15-2-4-16(5-3-15)11-7-9(13)8(12(17)18)6-10(11)14/h6-7H,2-5,14H2,1H3,(H,17,18). The first kappa shape index (κ1) is 12.6. The van der Waals surface area contributed by atoms with Crippen molar-refractivity contribution in [2.75, 3.05) is 43.9 Å². The molecule has 0 aliphatic carbocycles. The van der Waals surface area contributed by atoms with Gasteiger partial charge in [0.05, 0.1) is 16.9 Å². The van der Waals surface area contributed by atoms with Gasteiger partial charge >= 0.3 is 5.97 Å². The van der Waals surface area contributed by atoms with Gasteiger partial charge in [-0.15, -0.1) is 0 Å². The van der Waals surface area contributed by atoms with E-state index >= 15 is 0 Å². The SMILES string of the molecule is CN1CCN(c2cc(F)c(C(=O)O)cc2N)CC1. The molecular formula is C12H16FN3O2. The number of nitrogens with zero attached hydrogens (tertiary/aromatic N) is 2. The first-order chi connectivity index (χ1) is 8.49. The number of piperazine rings is 1. The predicted octanol–water partition coefficient (Wildman–Crippen LogP) is 0.858. The van der Waals surface area contributed by atoms with E-state index < -0.39 is 11.8 Å². The zero-order valence-electron chi connectivity index (χ0n) is 10.2. The fourth-order valence-electron chi connectivity index (χ4n) is 2.06. The fourth-order valence-corrected chi connectivity index (χ4v) is 2.06. The van der Waals surface area contributed by atoms with Crippen molar-refractivity contribution in [1.82, 2.24) is 4.90 Å². The van der Waals surface area contributed by atoms with Gasteiger partial charge in [-0.05, 0) is 13.1 Å². The summed E-state index contributed by atoms with van der Waals surface area (Å²) in [5, 5.41) is 8.81. The molecule has 0 bridgehead atoms. The summed E-state index contributed by atoms with van der Waals surface area (Å²) in [4.78, 5) is 14.9. The van der Waals surface area contributed by atoms with Crippen LogP contribution in [0.5, 0.6) is 0 Å². The molecule has 98 valence electrons. The molecule has 2 rings (SSSR count). The highest BCUT2D eigenvalue weighted by atomic mass is 19.1. The molecule has 0 saturated carbocycles. The van der Waals surface area contributed by atoms with E-state index in [9.17, 15) is 9.18 Å². The smallest absolute Gasteiger partial charge is 0.338 e. The van der Waals surface area contributed by atoms with Crippen LogP contribution >= 0.6 is 0 Å². The van der Waals surface area contributed by atoms with Gasteiger partial charge in [0.1, 0.15) is 5.82 Å². The van der Waals surface area contributed by atoms with Gasteiger partial charge in [-0.2, -0.15) is 0 Å². The van der Waals surface area contributed by atoms with Gasteiger partial charge in [-0.25, -0.2) is 9.18 Å². The fraction of sp³-hybridized carbons (Fsp3) is 0.417. The van der Waals surface area contributed by atoms with E-state index in [-0.39, 0.29) is 5.56 Å². The van der Waals surface area contributed by atoms with E-state index in [0.717, 1.165) is 26.2 Å². The molecule has 5 nitrogen and oxygen atoms in total. The molecule has 1 aliphatic heterocycles. The second kappa shape index (κ2) is 4.81. The molecule has 0 radical (unpaired) electrons. The minimum absolute atomic E-state index is 0.304. The minimum atomic E-state index is -1.30. The molecule has 1 heterocycles. The summed E-state index contributed by atoms with van der Waals surface area (Å²) < 4.78 is 13.6. The summed E-state index contributed by atoms with van der Waals surface area (Å²) in [6.07, 6.45) is 0. The number of rotatable bonds is 2. The van der Waals surface area contributed by atoms with Crippen LogP contribution < -0.4 is 10.6 Å². The summed E-state index contributed by atoms with van der Waals surface area (Å²) in [5.41, 5.74) is 6.30. The number of halogens is 1. The van der Waals surface area contributed by atoms with Crippen LogP contribution in [0.15, 0.2) is 12.1 Å². The van der Waals surface area contributed by atoms with Crippen molar-refractivity contribution >= 4 is 17.3 Å². The molecule has 0 spiro atoms. The largest absolute Gasteiger partial charge is 0.478 e. The number of carboxylic acid groups (broad SMARTS) is 1. The molecular weight excluding hydrogens is 237 g/mol. The van der Waals surface area contributed by atoms with Crippen LogP contribution in [0, 0.1) is 5.82 Å². The Morgan fingerprint density at radius 2 is 1.94 bits per heavy atom. The van der Waals surface area contributed by atoms with Gasteiger partial charge in [0.2, 0.25) is 0 Å². The number of nitrogen functional groups attached to an aromatic ring is 1. The molecule has 3 N–H and O–H groups in total. The van der Waals surface area contributed by atoms with E-state index in [0.29, 0.717) is 11.4 Å². The van der Waals surface area contributed by atoms with Crippen molar-refractivity contribution in [3.63, 3.8) is 0 Å². The van der Waals surface area contributed by atoms with Crippen LogP contribution in [-0.2, 0) is 0 Å². The number of hydrogen-bond donors (Lipinski definition) is 2. The maximum atomic E-state index is 13.6. The molecule has 0 unspecified atom stereocenters. The van der Waals surface area contributed by atoms with Crippen molar-refractivity contribution in [1.29, 1.82) is 0 Å². The number of carbonyl (C=O) groups is 1. The summed E-state index contributed by atoms with van der Waals surface area (Å²) in [6.45, 7) is 3.27.